The molecular formula is C28H22F2N4O3. The van der Waals surface area contributed by atoms with E-state index in [0.29, 0.717) is 16.8 Å². The lowest BCUT2D eigenvalue weighted by Crippen LogP contribution is -2.32. The normalized spacial score (nSPS) is 11.1. The summed E-state index contributed by atoms with van der Waals surface area (Å²) in [6.45, 7) is 0.0744. The Morgan fingerprint density at radius 1 is 1.00 bits per heavy atom. The SMILES string of the molecule is O=C(NCc1cccc(-c2c[nH]c3ncc(CO)cc23)c1)c1cccn(Cc2ccc(F)c(F)c2)c1=O. The van der Waals surface area contributed by atoms with Crippen LogP contribution in [-0.4, -0.2) is 25.5 Å². The smallest absolute Gasteiger partial charge is 0.263 e. The van der Waals surface area contributed by atoms with Crippen LogP contribution in [0, 0.1) is 11.6 Å². The van der Waals surface area contributed by atoms with Crippen LogP contribution in [0.1, 0.15) is 27.0 Å². The number of pyridine rings is 2. The number of hydrogen-bond acceptors (Lipinski definition) is 4. The molecule has 0 saturated carbocycles. The lowest BCUT2D eigenvalue weighted by Gasteiger charge is -2.10. The van der Waals surface area contributed by atoms with E-state index in [1.54, 1.807) is 12.3 Å². The van der Waals surface area contributed by atoms with Gasteiger partial charge in [-0.05, 0) is 58.7 Å². The maximum atomic E-state index is 13.5. The number of rotatable bonds is 7. The van der Waals surface area contributed by atoms with Crippen molar-refractivity contribution < 1.29 is 18.7 Å². The number of halogens is 2. The second-order valence-corrected chi connectivity index (χ2v) is 8.59. The molecule has 0 saturated heterocycles. The predicted octanol–water partition coefficient (Wildman–Crippen LogP) is 4.14. The van der Waals surface area contributed by atoms with Crippen LogP contribution in [-0.2, 0) is 19.7 Å². The number of benzene rings is 2. The molecular weight excluding hydrogens is 478 g/mol. The number of H-pyrrole nitrogens is 1. The monoisotopic (exact) mass is 500 g/mol. The van der Waals surface area contributed by atoms with Crippen LogP contribution in [0.15, 0.2) is 84.0 Å². The van der Waals surface area contributed by atoms with E-state index in [4.69, 9.17) is 0 Å². The molecule has 1 amide bonds. The first-order chi connectivity index (χ1) is 17.9. The highest BCUT2D eigenvalue weighted by molar-refractivity contribution is 5.94. The van der Waals surface area contributed by atoms with E-state index in [1.165, 1.54) is 22.9 Å². The molecule has 0 aliphatic heterocycles. The van der Waals surface area contributed by atoms with Crippen LogP contribution in [0.25, 0.3) is 22.2 Å². The minimum absolute atomic E-state index is 0.00330. The number of aromatic nitrogens is 3. The number of carbonyl (C=O) groups excluding carboxylic acids is 1. The zero-order valence-corrected chi connectivity index (χ0v) is 19.5. The topological polar surface area (TPSA) is 100 Å². The third kappa shape index (κ3) is 5.03. The van der Waals surface area contributed by atoms with Gasteiger partial charge in [0.05, 0.1) is 13.2 Å². The highest BCUT2D eigenvalue weighted by Crippen LogP contribution is 2.29. The number of aliphatic hydroxyl groups is 1. The van der Waals surface area contributed by atoms with Crippen LogP contribution < -0.4 is 10.9 Å². The highest BCUT2D eigenvalue weighted by atomic mass is 19.2. The molecule has 0 aliphatic rings. The summed E-state index contributed by atoms with van der Waals surface area (Å²) in [5.41, 5.74) is 3.85. The van der Waals surface area contributed by atoms with E-state index < -0.39 is 23.1 Å². The second-order valence-electron chi connectivity index (χ2n) is 8.59. The molecule has 5 aromatic rings. The molecule has 0 unspecified atom stereocenters. The van der Waals surface area contributed by atoms with Gasteiger partial charge in [0.2, 0.25) is 0 Å². The minimum Gasteiger partial charge on any atom is -0.392 e. The molecule has 0 fully saturated rings. The minimum atomic E-state index is -1.00. The summed E-state index contributed by atoms with van der Waals surface area (Å²) in [5, 5.41) is 13.1. The highest BCUT2D eigenvalue weighted by Gasteiger charge is 2.14. The lowest BCUT2D eigenvalue weighted by atomic mass is 10.0. The van der Waals surface area contributed by atoms with E-state index in [2.05, 4.69) is 15.3 Å². The third-order valence-electron chi connectivity index (χ3n) is 6.06. The fourth-order valence-corrected chi connectivity index (χ4v) is 4.17. The van der Waals surface area contributed by atoms with Gasteiger partial charge >= 0.3 is 0 Å². The number of carbonyl (C=O) groups is 1. The summed E-state index contributed by atoms with van der Waals surface area (Å²) < 4.78 is 28.0. The number of aromatic amines is 1. The summed E-state index contributed by atoms with van der Waals surface area (Å²) >= 11 is 0. The molecule has 3 N–H and O–H groups in total. The quantitative estimate of drug-likeness (QED) is 0.313. The molecule has 7 nitrogen and oxygen atoms in total. The molecule has 0 radical (unpaired) electrons. The van der Waals surface area contributed by atoms with Gasteiger partial charge in [0, 0.05) is 36.1 Å². The molecule has 9 heteroatoms. The largest absolute Gasteiger partial charge is 0.392 e. The Labute approximate surface area is 210 Å². The molecule has 3 aromatic heterocycles. The number of nitrogens with zero attached hydrogens (tertiary/aromatic N) is 2. The van der Waals surface area contributed by atoms with Crippen molar-refractivity contribution in [3.63, 3.8) is 0 Å². The first-order valence-corrected chi connectivity index (χ1v) is 11.5. The van der Waals surface area contributed by atoms with Crippen molar-refractivity contribution in [1.82, 2.24) is 19.9 Å². The predicted molar refractivity (Wildman–Crippen MR) is 135 cm³/mol. The Kier molecular flexibility index (Phi) is 6.61. The standard InChI is InChI=1S/C28H22F2N4O3/c29-24-7-6-18(11-25(24)30)15-34-8-2-5-21(28(34)37)27(36)33-12-17-3-1-4-20(9-17)23-14-32-26-22(23)10-19(16-35)13-31-26/h1-11,13-14,35H,12,15-16H2,(H,31,32)(H,33,36). The van der Waals surface area contributed by atoms with Crippen molar-refractivity contribution >= 4 is 16.9 Å². The summed E-state index contributed by atoms with van der Waals surface area (Å²) in [5.74, 6) is -2.51. The van der Waals surface area contributed by atoms with Crippen molar-refractivity contribution in [3.8, 4) is 11.1 Å². The Balaban J connectivity index is 1.32. The van der Waals surface area contributed by atoms with Crippen molar-refractivity contribution in [1.29, 1.82) is 0 Å². The first-order valence-electron chi connectivity index (χ1n) is 11.5. The number of aliphatic hydroxyl groups excluding tert-OH is 1. The molecule has 2 aromatic carbocycles. The summed E-state index contributed by atoms with van der Waals surface area (Å²) in [7, 11) is 0. The third-order valence-corrected chi connectivity index (χ3v) is 6.06. The van der Waals surface area contributed by atoms with Gasteiger partial charge < -0.3 is 20.0 Å². The van der Waals surface area contributed by atoms with Gasteiger partial charge in [-0.1, -0.05) is 24.3 Å². The molecule has 186 valence electrons. The van der Waals surface area contributed by atoms with E-state index in [0.717, 1.165) is 34.2 Å². The van der Waals surface area contributed by atoms with Gasteiger partial charge in [-0.2, -0.15) is 0 Å². The number of fused-ring (bicyclic) bond motifs is 1. The molecule has 0 atom stereocenters. The van der Waals surface area contributed by atoms with Gasteiger partial charge in [0.25, 0.3) is 11.5 Å². The number of hydrogen-bond donors (Lipinski definition) is 3. The maximum absolute atomic E-state index is 13.5. The van der Waals surface area contributed by atoms with Crippen LogP contribution in [0.3, 0.4) is 0 Å². The van der Waals surface area contributed by atoms with Crippen molar-refractivity contribution in [2.75, 3.05) is 0 Å². The first kappa shape index (κ1) is 24.1. The lowest BCUT2D eigenvalue weighted by molar-refractivity contribution is 0.0948. The zero-order valence-electron chi connectivity index (χ0n) is 19.5. The average molecular weight is 501 g/mol. The van der Waals surface area contributed by atoms with Gasteiger partial charge in [-0.3, -0.25) is 9.59 Å². The summed E-state index contributed by atoms with van der Waals surface area (Å²) in [6.07, 6.45) is 4.95. The van der Waals surface area contributed by atoms with Crippen molar-refractivity contribution in [3.05, 3.63) is 123 Å². The van der Waals surface area contributed by atoms with Crippen LogP contribution in [0.2, 0.25) is 0 Å². The van der Waals surface area contributed by atoms with Crippen LogP contribution >= 0.6 is 0 Å². The Bertz CT molecular complexity index is 1680. The number of amides is 1. The fraction of sp³-hybridized carbons (Fsp3) is 0.107. The molecule has 0 aliphatic carbocycles. The molecule has 3 heterocycles. The molecule has 5 rings (SSSR count). The average Bonchev–Trinajstić information content (AvgIpc) is 3.34. The van der Waals surface area contributed by atoms with E-state index in [-0.39, 0.29) is 25.3 Å². The van der Waals surface area contributed by atoms with E-state index >= 15 is 0 Å². The van der Waals surface area contributed by atoms with Gasteiger partial charge in [-0.25, -0.2) is 13.8 Å². The second kappa shape index (κ2) is 10.2. The van der Waals surface area contributed by atoms with Gasteiger partial charge in [0.15, 0.2) is 11.6 Å². The van der Waals surface area contributed by atoms with E-state index in [1.807, 2.05) is 36.5 Å². The van der Waals surface area contributed by atoms with Crippen molar-refractivity contribution in [2.24, 2.45) is 0 Å². The van der Waals surface area contributed by atoms with Gasteiger partial charge in [0.1, 0.15) is 11.2 Å². The Hall–Kier alpha value is -4.63. The molecule has 37 heavy (non-hydrogen) atoms. The Morgan fingerprint density at radius 3 is 2.68 bits per heavy atom. The molecule has 0 bridgehead atoms. The van der Waals surface area contributed by atoms with E-state index in [9.17, 15) is 23.5 Å². The van der Waals surface area contributed by atoms with Crippen LogP contribution in [0.4, 0.5) is 8.78 Å². The maximum Gasteiger partial charge on any atom is 0.263 e. The molecule has 0 spiro atoms. The summed E-state index contributed by atoms with van der Waals surface area (Å²) in [6, 6.07) is 15.9. The zero-order chi connectivity index (χ0) is 25.9. The number of nitrogens with one attached hydrogen (secondary N) is 2. The Morgan fingerprint density at radius 2 is 1.86 bits per heavy atom. The van der Waals surface area contributed by atoms with Gasteiger partial charge in [-0.15, -0.1) is 0 Å². The summed E-state index contributed by atoms with van der Waals surface area (Å²) in [4.78, 5) is 33.2. The van der Waals surface area contributed by atoms with Crippen molar-refractivity contribution in [2.45, 2.75) is 19.7 Å². The fourth-order valence-electron chi connectivity index (χ4n) is 4.17. The van der Waals surface area contributed by atoms with Crippen LogP contribution in [0.5, 0.6) is 0 Å².